The molecule has 4 fully saturated rings. The molecule has 4 aliphatic rings. The summed E-state index contributed by atoms with van der Waals surface area (Å²) in [7, 11) is 0. The van der Waals surface area contributed by atoms with Gasteiger partial charge in [-0.3, -0.25) is 0 Å². The molecule has 0 spiro atoms. The smallest absolute Gasteiger partial charge is 0.0541 e. The first kappa shape index (κ1) is 38.8. The molecule has 2 bridgehead atoms. The number of benzene rings is 9. The Labute approximate surface area is 393 Å². The molecule has 6 atom stereocenters. The van der Waals surface area contributed by atoms with Crippen LogP contribution in [-0.2, 0) is 5.41 Å². The van der Waals surface area contributed by atoms with E-state index in [-0.39, 0.29) is 5.41 Å². The summed E-state index contributed by atoms with van der Waals surface area (Å²) in [5.41, 5.74) is 18.9. The van der Waals surface area contributed by atoms with Gasteiger partial charge in [-0.15, -0.1) is 0 Å². The maximum absolute atomic E-state index is 2.60. The van der Waals surface area contributed by atoms with Crippen molar-refractivity contribution in [3.63, 3.8) is 0 Å². The summed E-state index contributed by atoms with van der Waals surface area (Å²) in [6.45, 7) is 0. The van der Waals surface area contributed by atoms with Crippen LogP contribution in [0.5, 0.6) is 0 Å². The number of hydrogen-bond donors (Lipinski definition) is 0. The van der Waals surface area contributed by atoms with Crippen molar-refractivity contribution in [1.82, 2.24) is 4.57 Å². The average molecular weight is 861 g/mol. The number of hydrogen-bond acceptors (Lipinski definition) is 1. The van der Waals surface area contributed by atoms with Crippen LogP contribution < -0.4 is 4.90 Å². The van der Waals surface area contributed by atoms with Gasteiger partial charge in [0.15, 0.2) is 0 Å². The van der Waals surface area contributed by atoms with Gasteiger partial charge in [-0.1, -0.05) is 164 Å². The van der Waals surface area contributed by atoms with Gasteiger partial charge in [-0.05, 0) is 178 Å². The molecule has 0 N–H and O–H groups in total. The number of fused-ring (bicyclic) bond motifs is 4. The Hall–Kier alpha value is -7.42. The Morgan fingerprint density at radius 3 is 1.57 bits per heavy atom. The predicted molar refractivity (Wildman–Crippen MR) is 279 cm³/mol. The van der Waals surface area contributed by atoms with Gasteiger partial charge >= 0.3 is 0 Å². The van der Waals surface area contributed by atoms with E-state index in [0.717, 1.165) is 29.6 Å². The highest BCUT2D eigenvalue weighted by Crippen LogP contribution is 2.73. The lowest BCUT2D eigenvalue weighted by molar-refractivity contribution is 0.00364. The molecule has 0 radical (unpaired) electrons. The first-order valence-electron chi connectivity index (χ1n) is 24.6. The quantitative estimate of drug-likeness (QED) is 0.140. The van der Waals surface area contributed by atoms with Crippen LogP contribution in [0.15, 0.2) is 224 Å². The summed E-state index contributed by atoms with van der Waals surface area (Å²) in [5, 5.41) is 2.56. The van der Waals surface area contributed by atoms with Gasteiger partial charge in [0.05, 0.1) is 11.0 Å². The van der Waals surface area contributed by atoms with Crippen LogP contribution in [0.2, 0.25) is 0 Å². The molecule has 1 heterocycles. The minimum Gasteiger partial charge on any atom is -0.310 e. The van der Waals surface area contributed by atoms with Crippen molar-refractivity contribution in [3.8, 4) is 50.2 Å². The third kappa shape index (κ3) is 6.30. The van der Waals surface area contributed by atoms with Gasteiger partial charge in [0, 0.05) is 33.5 Å². The molecular weight excluding hydrogens is 809 g/mol. The highest BCUT2D eigenvalue weighted by Gasteiger charge is 2.65. The van der Waals surface area contributed by atoms with Gasteiger partial charge in [0.2, 0.25) is 0 Å². The van der Waals surface area contributed by atoms with Crippen molar-refractivity contribution in [1.29, 1.82) is 0 Å². The highest BCUT2D eigenvalue weighted by atomic mass is 15.1. The topological polar surface area (TPSA) is 8.17 Å². The molecule has 0 aliphatic heterocycles. The summed E-state index contributed by atoms with van der Waals surface area (Å²) < 4.78 is 2.40. The van der Waals surface area contributed by atoms with Crippen molar-refractivity contribution in [2.45, 2.75) is 37.5 Å². The van der Waals surface area contributed by atoms with Crippen molar-refractivity contribution < 1.29 is 0 Å². The lowest BCUT2D eigenvalue weighted by atomic mass is 9.52. The Balaban J connectivity index is 0.851. The van der Waals surface area contributed by atoms with Crippen molar-refractivity contribution in [3.05, 3.63) is 230 Å². The number of para-hydroxylation sites is 3. The lowest BCUT2D eigenvalue weighted by Crippen LogP contribution is -2.46. The van der Waals surface area contributed by atoms with E-state index in [1.807, 2.05) is 0 Å². The third-order valence-electron chi connectivity index (χ3n) is 16.8. The lowest BCUT2D eigenvalue weighted by Gasteiger charge is -2.53. The second-order valence-electron chi connectivity index (χ2n) is 20.3. The molecule has 9 aromatic carbocycles. The summed E-state index contributed by atoms with van der Waals surface area (Å²) in [5.74, 6) is 4.72. The highest BCUT2D eigenvalue weighted by molar-refractivity contribution is 6.09. The zero-order valence-electron chi connectivity index (χ0n) is 37.7. The largest absolute Gasteiger partial charge is 0.310 e. The van der Waals surface area contributed by atoms with Crippen molar-refractivity contribution in [2.75, 3.05) is 4.90 Å². The molecule has 4 saturated carbocycles. The van der Waals surface area contributed by atoms with E-state index < -0.39 is 0 Å². The first-order chi connectivity index (χ1) is 33.1. The molecule has 0 amide bonds. The van der Waals surface area contributed by atoms with Crippen LogP contribution in [-0.4, -0.2) is 4.57 Å². The Kier molecular flexibility index (Phi) is 8.88. The van der Waals surface area contributed by atoms with Crippen LogP contribution in [0, 0.1) is 29.6 Å². The van der Waals surface area contributed by atoms with E-state index in [1.54, 1.807) is 5.56 Å². The van der Waals surface area contributed by atoms with E-state index in [1.165, 1.54) is 121 Å². The van der Waals surface area contributed by atoms with Crippen LogP contribution >= 0.6 is 0 Å². The SMILES string of the molecule is c1ccc(-c2cc(-c3ccccc3)cc(N(c3ccc(-c4ccc(-c5cccc(-n6c7ccccc7c7ccccc76)c5)cc4)cc3)c3ccccc3C34CC5C6C(C[C@H]5C3)C[C@H]6C4)c2)cc1. The zero-order chi connectivity index (χ0) is 44.1. The fourth-order valence-electron chi connectivity index (χ4n) is 14.1. The molecule has 10 aromatic rings. The van der Waals surface area contributed by atoms with Gasteiger partial charge < -0.3 is 9.47 Å². The summed E-state index contributed by atoms with van der Waals surface area (Å²) in [6.07, 6.45) is 6.99. The minimum atomic E-state index is 0.237. The fourth-order valence-corrected chi connectivity index (χ4v) is 14.1. The minimum absolute atomic E-state index is 0.237. The van der Waals surface area contributed by atoms with Crippen LogP contribution in [0.3, 0.4) is 0 Å². The summed E-state index contributed by atoms with van der Waals surface area (Å²) >= 11 is 0. The molecule has 14 rings (SSSR count). The normalized spacial score (nSPS) is 22.2. The number of anilines is 3. The van der Waals surface area contributed by atoms with Gasteiger partial charge in [0.25, 0.3) is 0 Å². The molecular formula is C65H52N2. The fraction of sp³-hybridized carbons (Fsp3) is 0.169. The number of aromatic nitrogens is 1. The van der Waals surface area contributed by atoms with Gasteiger partial charge in [0.1, 0.15) is 0 Å². The second kappa shape index (κ2) is 15.3. The van der Waals surface area contributed by atoms with Crippen LogP contribution in [0.1, 0.15) is 37.7 Å². The molecule has 0 saturated heterocycles. The number of nitrogens with zero attached hydrogens (tertiary/aromatic N) is 2. The maximum atomic E-state index is 2.60. The zero-order valence-corrected chi connectivity index (χ0v) is 37.7. The van der Waals surface area contributed by atoms with E-state index >= 15 is 0 Å². The summed E-state index contributed by atoms with van der Waals surface area (Å²) in [6, 6.07) is 83.6. The van der Waals surface area contributed by atoms with Gasteiger partial charge in [-0.25, -0.2) is 0 Å². The first-order valence-corrected chi connectivity index (χ1v) is 24.6. The molecule has 4 unspecified atom stereocenters. The average Bonchev–Trinajstić information content (AvgIpc) is 4.00. The molecule has 2 heteroatoms. The van der Waals surface area contributed by atoms with E-state index in [2.05, 4.69) is 234 Å². The van der Waals surface area contributed by atoms with Crippen LogP contribution in [0.25, 0.3) is 72.0 Å². The molecule has 4 aliphatic carbocycles. The summed E-state index contributed by atoms with van der Waals surface area (Å²) in [4.78, 5) is 2.60. The van der Waals surface area contributed by atoms with E-state index in [9.17, 15) is 0 Å². The Morgan fingerprint density at radius 2 is 0.896 bits per heavy atom. The van der Waals surface area contributed by atoms with Crippen molar-refractivity contribution in [2.24, 2.45) is 29.6 Å². The number of rotatable bonds is 9. The Bertz CT molecular complexity index is 3350. The molecule has 67 heavy (non-hydrogen) atoms. The van der Waals surface area contributed by atoms with Crippen molar-refractivity contribution >= 4 is 38.9 Å². The molecule has 322 valence electrons. The van der Waals surface area contributed by atoms with Gasteiger partial charge in [-0.2, -0.15) is 0 Å². The van der Waals surface area contributed by atoms with Crippen LogP contribution in [0.4, 0.5) is 17.1 Å². The molecule has 1 aromatic heterocycles. The monoisotopic (exact) mass is 860 g/mol. The predicted octanol–water partition coefficient (Wildman–Crippen LogP) is 17.2. The molecule has 2 nitrogen and oxygen atoms in total. The third-order valence-corrected chi connectivity index (χ3v) is 16.8. The standard InChI is InChI=1S/C65H52N2/c1-3-14-43(15-4-1)49-34-50(44-16-5-2-6-17-44)39-56(38-49)66(63-25-12-9-22-60(63)65-40-52-35-51-36-53(41-65)64(51)59(52)42-65)54-32-30-46(31-33-54)45-26-28-47(29-27-45)48-18-13-19-55(37-48)67-61-23-10-7-20-57(61)58-21-8-11-24-62(58)67/h1-34,37-39,51-53,59,64H,35-36,40-42H2/t51?,52-,53-,59?,64?,65?/m0/s1. The van der Waals surface area contributed by atoms with E-state index in [0.29, 0.717) is 0 Å². The Morgan fingerprint density at radius 1 is 0.373 bits per heavy atom. The maximum Gasteiger partial charge on any atom is 0.0541 e. The second-order valence-corrected chi connectivity index (χ2v) is 20.3. The van der Waals surface area contributed by atoms with E-state index in [4.69, 9.17) is 0 Å².